The summed E-state index contributed by atoms with van der Waals surface area (Å²) >= 11 is 1.08. The first-order valence-electron chi connectivity index (χ1n) is 5.03. The molecule has 0 N–H and O–H groups in total. The summed E-state index contributed by atoms with van der Waals surface area (Å²) in [5.41, 5.74) is 0.968. The van der Waals surface area contributed by atoms with Crippen molar-refractivity contribution >= 4 is 17.0 Å². The summed E-state index contributed by atoms with van der Waals surface area (Å²) in [6.45, 7) is 0. The van der Waals surface area contributed by atoms with Crippen LogP contribution in [-0.2, 0) is 0 Å². The lowest BCUT2D eigenvalue weighted by atomic mass is 10.3. The molecule has 0 saturated heterocycles. The number of hydrogen-bond acceptors (Lipinski definition) is 3. The summed E-state index contributed by atoms with van der Waals surface area (Å²) < 4.78 is 1.72. The van der Waals surface area contributed by atoms with Gasteiger partial charge < -0.3 is 0 Å². The SMILES string of the molecule is CSC(=O)N=c1ccn(-c2ccccc2)nc1. The van der Waals surface area contributed by atoms with Crippen LogP contribution in [0.25, 0.3) is 5.69 Å². The zero-order chi connectivity index (χ0) is 12.1. The minimum absolute atomic E-state index is 0.218. The Kier molecular flexibility index (Phi) is 3.72. The third-order valence-corrected chi connectivity index (χ3v) is 2.56. The fourth-order valence-electron chi connectivity index (χ4n) is 1.30. The molecule has 4 nitrogen and oxygen atoms in total. The zero-order valence-corrected chi connectivity index (χ0v) is 10.1. The van der Waals surface area contributed by atoms with Gasteiger partial charge in [-0.25, -0.2) is 9.67 Å². The lowest BCUT2D eigenvalue weighted by Gasteiger charge is -2.02. The van der Waals surface area contributed by atoms with Crippen LogP contribution in [0.4, 0.5) is 4.79 Å². The molecular formula is C12H11N3OS. The number of rotatable bonds is 1. The highest BCUT2D eigenvalue weighted by atomic mass is 32.2. The van der Waals surface area contributed by atoms with Crippen molar-refractivity contribution in [1.82, 2.24) is 9.78 Å². The van der Waals surface area contributed by atoms with E-state index in [0.717, 1.165) is 17.4 Å². The van der Waals surface area contributed by atoms with Crippen LogP contribution in [0.1, 0.15) is 0 Å². The molecule has 0 aliphatic rings. The fraction of sp³-hybridized carbons (Fsp3) is 0.0833. The van der Waals surface area contributed by atoms with Gasteiger partial charge >= 0.3 is 5.24 Å². The normalized spacial score (nSPS) is 11.5. The zero-order valence-electron chi connectivity index (χ0n) is 9.28. The number of benzene rings is 1. The first kappa shape index (κ1) is 11.6. The van der Waals surface area contributed by atoms with Gasteiger partial charge in [0.25, 0.3) is 0 Å². The summed E-state index contributed by atoms with van der Waals surface area (Å²) in [6, 6.07) is 11.5. The Morgan fingerprint density at radius 1 is 1.29 bits per heavy atom. The smallest absolute Gasteiger partial charge is 0.259 e. The van der Waals surface area contributed by atoms with Gasteiger partial charge in [0.1, 0.15) is 0 Å². The predicted octanol–water partition coefficient (Wildman–Crippen LogP) is 2.26. The van der Waals surface area contributed by atoms with Crippen molar-refractivity contribution < 1.29 is 4.79 Å². The van der Waals surface area contributed by atoms with E-state index in [-0.39, 0.29) is 5.24 Å². The van der Waals surface area contributed by atoms with Crippen LogP contribution in [0.5, 0.6) is 0 Å². The maximum Gasteiger partial charge on any atom is 0.305 e. The third kappa shape index (κ3) is 3.04. The average Bonchev–Trinajstić information content (AvgIpc) is 2.40. The molecule has 17 heavy (non-hydrogen) atoms. The van der Waals surface area contributed by atoms with Gasteiger partial charge in [-0.1, -0.05) is 30.0 Å². The number of carbonyl (C=O) groups excluding carboxylic acids is 1. The van der Waals surface area contributed by atoms with Crippen LogP contribution < -0.4 is 5.36 Å². The standard InChI is InChI=1S/C12H11N3OS/c1-17-12(16)14-10-7-8-15(13-9-10)11-5-3-2-4-6-11/h2-9H,1H3. The number of thioether (sulfide) groups is 1. The number of hydrogen-bond donors (Lipinski definition) is 0. The van der Waals surface area contributed by atoms with Crippen molar-refractivity contribution in [3.63, 3.8) is 0 Å². The van der Waals surface area contributed by atoms with E-state index in [0.29, 0.717) is 5.36 Å². The molecular weight excluding hydrogens is 234 g/mol. The molecule has 1 heterocycles. The molecule has 0 fully saturated rings. The van der Waals surface area contributed by atoms with Gasteiger partial charge in [-0.15, -0.1) is 0 Å². The van der Waals surface area contributed by atoms with Gasteiger partial charge in [0.05, 0.1) is 17.2 Å². The van der Waals surface area contributed by atoms with E-state index in [9.17, 15) is 4.79 Å². The van der Waals surface area contributed by atoms with Gasteiger partial charge in [-0.05, 0) is 24.5 Å². The molecule has 0 radical (unpaired) electrons. The van der Waals surface area contributed by atoms with Crippen LogP contribution >= 0.6 is 11.8 Å². The predicted molar refractivity (Wildman–Crippen MR) is 68.0 cm³/mol. The van der Waals surface area contributed by atoms with E-state index in [1.54, 1.807) is 29.4 Å². The van der Waals surface area contributed by atoms with Crippen molar-refractivity contribution in [1.29, 1.82) is 0 Å². The average molecular weight is 245 g/mol. The Morgan fingerprint density at radius 2 is 2.06 bits per heavy atom. The van der Waals surface area contributed by atoms with Crippen molar-refractivity contribution in [3.8, 4) is 5.69 Å². The van der Waals surface area contributed by atoms with Crippen LogP contribution in [0.3, 0.4) is 0 Å². The van der Waals surface area contributed by atoms with Gasteiger partial charge in [0.2, 0.25) is 0 Å². The summed E-state index contributed by atoms with van der Waals surface area (Å²) in [4.78, 5) is 15.0. The van der Waals surface area contributed by atoms with Gasteiger partial charge in [0.15, 0.2) is 0 Å². The Bertz CT molecular complexity index is 557. The highest BCUT2D eigenvalue weighted by Crippen LogP contribution is 2.02. The highest BCUT2D eigenvalue weighted by Gasteiger charge is 1.95. The minimum atomic E-state index is -0.218. The van der Waals surface area contributed by atoms with Crippen molar-refractivity contribution in [2.24, 2.45) is 4.99 Å². The van der Waals surface area contributed by atoms with E-state index in [1.165, 1.54) is 0 Å². The molecule has 0 unspecified atom stereocenters. The topological polar surface area (TPSA) is 47.2 Å². The summed E-state index contributed by atoms with van der Waals surface area (Å²) in [7, 11) is 0. The second kappa shape index (κ2) is 5.45. The maximum absolute atomic E-state index is 11.1. The minimum Gasteiger partial charge on any atom is -0.259 e. The lowest BCUT2D eigenvalue weighted by Crippen LogP contribution is -2.09. The molecule has 0 aliphatic carbocycles. The van der Waals surface area contributed by atoms with Crippen molar-refractivity contribution in [2.45, 2.75) is 0 Å². The summed E-state index contributed by atoms with van der Waals surface area (Å²) in [5, 5.41) is 4.55. The molecule has 0 spiro atoms. The largest absolute Gasteiger partial charge is 0.305 e. The number of nitrogens with zero attached hydrogens (tertiary/aromatic N) is 3. The Balaban J connectivity index is 2.31. The number of carbonyl (C=O) groups is 1. The van der Waals surface area contributed by atoms with Gasteiger partial charge in [-0.2, -0.15) is 5.10 Å². The van der Waals surface area contributed by atoms with Crippen molar-refractivity contribution in [3.05, 3.63) is 54.1 Å². The highest BCUT2D eigenvalue weighted by molar-refractivity contribution is 8.13. The lowest BCUT2D eigenvalue weighted by molar-refractivity contribution is 0.267. The molecule has 0 aliphatic heterocycles. The molecule has 1 aromatic carbocycles. The number of para-hydroxylation sites is 1. The van der Waals surface area contributed by atoms with E-state index in [4.69, 9.17) is 0 Å². The van der Waals surface area contributed by atoms with Crippen LogP contribution in [0.2, 0.25) is 0 Å². The van der Waals surface area contributed by atoms with E-state index < -0.39 is 0 Å². The number of amides is 1. The van der Waals surface area contributed by atoms with Crippen LogP contribution in [0, 0.1) is 0 Å². The monoisotopic (exact) mass is 245 g/mol. The van der Waals surface area contributed by atoms with Crippen LogP contribution in [0.15, 0.2) is 53.8 Å². The molecule has 1 aromatic heterocycles. The quantitative estimate of drug-likeness (QED) is 0.774. The molecule has 1 amide bonds. The first-order chi connectivity index (χ1) is 8.29. The Morgan fingerprint density at radius 3 is 2.65 bits per heavy atom. The van der Waals surface area contributed by atoms with E-state index >= 15 is 0 Å². The first-order valence-corrected chi connectivity index (χ1v) is 6.25. The molecule has 0 atom stereocenters. The van der Waals surface area contributed by atoms with Crippen LogP contribution in [-0.4, -0.2) is 21.3 Å². The number of aromatic nitrogens is 2. The second-order valence-corrected chi connectivity index (χ2v) is 4.00. The van der Waals surface area contributed by atoms with E-state index in [1.807, 2.05) is 30.3 Å². The summed E-state index contributed by atoms with van der Waals surface area (Å²) in [6.07, 6.45) is 5.05. The van der Waals surface area contributed by atoms with Gasteiger partial charge in [0, 0.05) is 6.20 Å². The molecule has 0 bridgehead atoms. The van der Waals surface area contributed by atoms with E-state index in [2.05, 4.69) is 10.1 Å². The Hall–Kier alpha value is -1.88. The Labute approximate surface area is 103 Å². The fourth-order valence-corrected chi connectivity index (χ4v) is 1.50. The third-order valence-electron chi connectivity index (χ3n) is 2.12. The molecule has 2 aromatic rings. The summed E-state index contributed by atoms with van der Waals surface area (Å²) in [5.74, 6) is 0. The maximum atomic E-state index is 11.1. The van der Waals surface area contributed by atoms with Crippen molar-refractivity contribution in [2.75, 3.05) is 6.26 Å². The molecule has 86 valence electrons. The van der Waals surface area contributed by atoms with Gasteiger partial charge in [-0.3, -0.25) is 4.79 Å². The molecule has 0 saturated carbocycles. The molecule has 5 heteroatoms. The second-order valence-electron chi connectivity index (χ2n) is 3.25. The molecule has 2 rings (SSSR count).